The first-order valence-corrected chi connectivity index (χ1v) is 6.08. The first-order valence-electron chi connectivity index (χ1n) is 6.08. The molecule has 1 saturated carbocycles. The van der Waals surface area contributed by atoms with Crippen LogP contribution in [0.15, 0.2) is 24.3 Å². The fourth-order valence-corrected chi connectivity index (χ4v) is 2.17. The predicted molar refractivity (Wildman–Crippen MR) is 69.6 cm³/mol. The lowest BCUT2D eigenvalue weighted by molar-refractivity contribution is -0.0510. The van der Waals surface area contributed by atoms with Crippen LogP contribution in [0.4, 0.5) is 5.69 Å². The van der Waals surface area contributed by atoms with E-state index in [2.05, 4.69) is 10.1 Å². The second-order valence-corrected chi connectivity index (χ2v) is 5.34. The van der Waals surface area contributed by atoms with Crippen LogP contribution in [0.5, 0.6) is 0 Å². The number of rotatable bonds is 3. The molecule has 0 spiro atoms. The lowest BCUT2D eigenvalue weighted by Gasteiger charge is -2.49. The molecule has 2 N–H and O–H groups in total. The summed E-state index contributed by atoms with van der Waals surface area (Å²) in [6.45, 7) is 4.09. The van der Waals surface area contributed by atoms with E-state index in [-0.39, 0.29) is 23.5 Å². The van der Waals surface area contributed by atoms with E-state index in [0.717, 1.165) is 12.1 Å². The second kappa shape index (κ2) is 4.61. The van der Waals surface area contributed by atoms with E-state index in [1.165, 1.54) is 7.11 Å². The molecule has 2 atom stereocenters. The number of aliphatic hydroxyl groups is 1. The van der Waals surface area contributed by atoms with Crippen LogP contribution in [0.3, 0.4) is 0 Å². The molecule has 4 nitrogen and oxygen atoms in total. The normalized spacial score (nSPS) is 25.1. The molecule has 2 rings (SSSR count). The number of ether oxygens (including phenoxy) is 1. The Morgan fingerprint density at radius 3 is 2.44 bits per heavy atom. The van der Waals surface area contributed by atoms with Crippen molar-refractivity contribution in [3.05, 3.63) is 29.8 Å². The number of carbonyl (C=O) groups excluding carboxylic acids is 1. The Morgan fingerprint density at radius 2 is 2.00 bits per heavy atom. The van der Waals surface area contributed by atoms with Crippen molar-refractivity contribution in [1.29, 1.82) is 0 Å². The van der Waals surface area contributed by atoms with Gasteiger partial charge in [0, 0.05) is 17.1 Å². The molecule has 0 amide bonds. The Hall–Kier alpha value is -1.55. The zero-order chi connectivity index (χ0) is 13.3. The van der Waals surface area contributed by atoms with Gasteiger partial charge in [-0.25, -0.2) is 4.79 Å². The summed E-state index contributed by atoms with van der Waals surface area (Å²) in [6, 6.07) is 7.43. The van der Waals surface area contributed by atoms with Gasteiger partial charge in [0.25, 0.3) is 0 Å². The maximum atomic E-state index is 11.3. The zero-order valence-corrected chi connectivity index (χ0v) is 10.9. The lowest BCUT2D eigenvalue weighted by Crippen LogP contribution is -2.56. The van der Waals surface area contributed by atoms with Gasteiger partial charge in [0.1, 0.15) is 0 Å². The molecule has 0 aromatic heterocycles. The average Bonchev–Trinajstić information content (AvgIpc) is 2.38. The maximum absolute atomic E-state index is 11.3. The minimum absolute atomic E-state index is 0.110. The van der Waals surface area contributed by atoms with E-state index >= 15 is 0 Å². The Morgan fingerprint density at radius 1 is 1.39 bits per heavy atom. The van der Waals surface area contributed by atoms with Gasteiger partial charge in [-0.3, -0.25) is 0 Å². The smallest absolute Gasteiger partial charge is 0.337 e. The molecule has 1 fully saturated rings. The number of carbonyl (C=O) groups is 1. The molecule has 0 bridgehead atoms. The fraction of sp³-hybridized carbons (Fsp3) is 0.500. The molecule has 2 unspecified atom stereocenters. The minimum atomic E-state index is -0.332. The molecule has 1 aromatic carbocycles. The third kappa shape index (κ3) is 2.20. The highest BCUT2D eigenvalue weighted by Crippen LogP contribution is 2.42. The van der Waals surface area contributed by atoms with E-state index in [0.29, 0.717) is 5.56 Å². The molecule has 18 heavy (non-hydrogen) atoms. The number of nitrogens with one attached hydrogen (secondary N) is 1. The van der Waals surface area contributed by atoms with Gasteiger partial charge in [0.15, 0.2) is 0 Å². The number of aliphatic hydroxyl groups excluding tert-OH is 1. The quantitative estimate of drug-likeness (QED) is 0.805. The summed E-state index contributed by atoms with van der Waals surface area (Å²) in [4.78, 5) is 11.3. The predicted octanol–water partition coefficient (Wildman–Crippen LogP) is 2.04. The van der Waals surface area contributed by atoms with Crippen LogP contribution < -0.4 is 5.32 Å². The van der Waals surface area contributed by atoms with Crippen molar-refractivity contribution in [3.63, 3.8) is 0 Å². The lowest BCUT2D eigenvalue weighted by atomic mass is 9.64. The topological polar surface area (TPSA) is 58.6 Å². The van der Waals surface area contributed by atoms with Crippen LogP contribution >= 0.6 is 0 Å². The van der Waals surface area contributed by atoms with Crippen LogP contribution in [0, 0.1) is 5.41 Å². The molecule has 0 radical (unpaired) electrons. The molecule has 1 aromatic rings. The molecular weight excluding hydrogens is 230 g/mol. The van der Waals surface area contributed by atoms with E-state index in [9.17, 15) is 9.90 Å². The van der Waals surface area contributed by atoms with Crippen LogP contribution in [0.2, 0.25) is 0 Å². The SMILES string of the molecule is COC(=O)c1ccc(NC2CC(O)C2(C)C)cc1. The Bertz CT molecular complexity index is 439. The van der Waals surface area contributed by atoms with Gasteiger partial charge in [0.2, 0.25) is 0 Å². The molecule has 1 aliphatic carbocycles. The molecular formula is C14H19NO3. The number of hydrogen-bond acceptors (Lipinski definition) is 4. The highest BCUT2D eigenvalue weighted by Gasteiger charge is 2.47. The summed E-state index contributed by atoms with van der Waals surface area (Å²) in [5.41, 5.74) is 1.38. The standard InChI is InChI=1S/C14H19NO3/c1-14(2)11(8-12(14)16)15-10-6-4-9(5-7-10)13(17)18-3/h4-7,11-12,15-16H,8H2,1-3H3. The van der Waals surface area contributed by atoms with Gasteiger partial charge in [-0.15, -0.1) is 0 Å². The van der Waals surface area contributed by atoms with E-state index in [1.54, 1.807) is 12.1 Å². The van der Waals surface area contributed by atoms with Crippen molar-refractivity contribution in [3.8, 4) is 0 Å². The first-order chi connectivity index (χ1) is 8.45. The van der Waals surface area contributed by atoms with Crippen molar-refractivity contribution in [2.45, 2.75) is 32.4 Å². The van der Waals surface area contributed by atoms with Gasteiger partial charge in [-0.1, -0.05) is 13.8 Å². The average molecular weight is 249 g/mol. The van der Waals surface area contributed by atoms with E-state index in [1.807, 2.05) is 26.0 Å². The summed E-state index contributed by atoms with van der Waals surface area (Å²) >= 11 is 0. The molecule has 4 heteroatoms. The van der Waals surface area contributed by atoms with E-state index in [4.69, 9.17) is 0 Å². The van der Waals surface area contributed by atoms with Crippen molar-refractivity contribution in [2.24, 2.45) is 5.41 Å². The summed E-state index contributed by atoms with van der Waals surface area (Å²) in [5, 5.41) is 13.0. The van der Waals surface area contributed by atoms with Crippen LogP contribution in [0.25, 0.3) is 0 Å². The summed E-state index contributed by atoms with van der Waals surface area (Å²) in [6.07, 6.45) is 0.510. The molecule has 1 aliphatic rings. The Kier molecular flexibility index (Phi) is 3.30. The minimum Gasteiger partial charge on any atom is -0.465 e. The fourth-order valence-electron chi connectivity index (χ4n) is 2.17. The second-order valence-electron chi connectivity index (χ2n) is 5.34. The van der Waals surface area contributed by atoms with Crippen molar-refractivity contribution in [2.75, 3.05) is 12.4 Å². The number of benzene rings is 1. The van der Waals surface area contributed by atoms with Crippen LogP contribution in [-0.2, 0) is 4.74 Å². The van der Waals surface area contributed by atoms with Gasteiger partial charge in [0.05, 0.1) is 18.8 Å². The van der Waals surface area contributed by atoms with Crippen LogP contribution in [-0.4, -0.2) is 30.3 Å². The van der Waals surface area contributed by atoms with Gasteiger partial charge in [-0.2, -0.15) is 0 Å². The van der Waals surface area contributed by atoms with Gasteiger partial charge >= 0.3 is 5.97 Å². The molecule has 0 aliphatic heterocycles. The van der Waals surface area contributed by atoms with Gasteiger partial charge < -0.3 is 15.2 Å². The monoisotopic (exact) mass is 249 g/mol. The molecule has 98 valence electrons. The Labute approximate surface area is 107 Å². The first kappa shape index (κ1) is 12.9. The van der Waals surface area contributed by atoms with Crippen molar-refractivity contribution >= 4 is 11.7 Å². The zero-order valence-electron chi connectivity index (χ0n) is 10.9. The largest absolute Gasteiger partial charge is 0.465 e. The highest BCUT2D eigenvalue weighted by atomic mass is 16.5. The van der Waals surface area contributed by atoms with Crippen molar-refractivity contribution in [1.82, 2.24) is 0 Å². The summed E-state index contributed by atoms with van der Waals surface area (Å²) in [7, 11) is 1.37. The summed E-state index contributed by atoms with van der Waals surface area (Å²) < 4.78 is 4.64. The third-order valence-electron chi connectivity index (χ3n) is 3.86. The highest BCUT2D eigenvalue weighted by molar-refractivity contribution is 5.89. The number of anilines is 1. The summed E-state index contributed by atoms with van der Waals surface area (Å²) in [5.74, 6) is -0.332. The number of methoxy groups -OCH3 is 1. The van der Waals surface area contributed by atoms with E-state index < -0.39 is 0 Å². The number of esters is 1. The maximum Gasteiger partial charge on any atom is 0.337 e. The molecule has 0 saturated heterocycles. The number of hydrogen-bond donors (Lipinski definition) is 2. The third-order valence-corrected chi connectivity index (χ3v) is 3.86. The molecule has 0 heterocycles. The van der Waals surface area contributed by atoms with Crippen LogP contribution in [0.1, 0.15) is 30.6 Å². The van der Waals surface area contributed by atoms with Gasteiger partial charge in [-0.05, 0) is 30.7 Å². The Balaban J connectivity index is 2.01. The van der Waals surface area contributed by atoms with Crippen molar-refractivity contribution < 1.29 is 14.6 Å².